The lowest BCUT2D eigenvalue weighted by atomic mass is 9.78. The molecule has 4 aliphatic rings. The molecule has 0 radical (unpaired) electrons. The highest BCUT2D eigenvalue weighted by molar-refractivity contribution is 6.38. The number of hydrogen-bond acceptors (Lipinski definition) is 8. The molecule has 50 heavy (non-hydrogen) atoms. The molecule has 1 aliphatic heterocycles. The van der Waals surface area contributed by atoms with Gasteiger partial charge in [0, 0.05) is 25.0 Å². The van der Waals surface area contributed by atoms with E-state index in [1.807, 2.05) is 27.7 Å². The smallest absolute Gasteiger partial charge is 0.289 e. The molecule has 4 N–H and O–H groups in total. The number of aromatic nitrogens is 2. The maximum atomic E-state index is 14.7. The van der Waals surface area contributed by atoms with Crippen molar-refractivity contribution in [2.24, 2.45) is 23.2 Å². The normalized spacial score (nSPS) is 24.2. The summed E-state index contributed by atoms with van der Waals surface area (Å²) in [5, 5.41) is 11.5. The van der Waals surface area contributed by atoms with Crippen molar-refractivity contribution in [3.05, 3.63) is 24.3 Å². The highest BCUT2D eigenvalue weighted by Crippen LogP contribution is 2.42. The van der Waals surface area contributed by atoms with Gasteiger partial charge >= 0.3 is 0 Å². The Morgan fingerprint density at radius 1 is 0.880 bits per heavy atom. The summed E-state index contributed by atoms with van der Waals surface area (Å²) in [6.45, 7) is 7.87. The minimum absolute atomic E-state index is 0.0120. The van der Waals surface area contributed by atoms with E-state index < -0.39 is 59.0 Å². The first-order valence-electron chi connectivity index (χ1n) is 18.7. The van der Waals surface area contributed by atoms with Crippen LogP contribution in [0, 0.1) is 23.2 Å². The van der Waals surface area contributed by atoms with Gasteiger partial charge in [-0.3, -0.25) is 33.8 Å². The number of nitrogens with one attached hydrogen (secondary N) is 4. The molecule has 2 heterocycles. The number of amides is 5. The Morgan fingerprint density at radius 2 is 1.58 bits per heavy atom. The summed E-state index contributed by atoms with van der Waals surface area (Å²) in [7, 11) is 0. The number of carbonyl (C=O) groups excluding carboxylic acids is 6. The fourth-order valence-electron chi connectivity index (χ4n) is 8.04. The van der Waals surface area contributed by atoms with Gasteiger partial charge in [-0.1, -0.05) is 66.2 Å². The molecular weight excluding hydrogens is 638 g/mol. The van der Waals surface area contributed by atoms with E-state index in [0.717, 1.165) is 70.6 Å². The second kappa shape index (κ2) is 16.4. The molecule has 1 aromatic rings. The van der Waals surface area contributed by atoms with Gasteiger partial charge in [0.2, 0.25) is 23.5 Å². The van der Waals surface area contributed by atoms with Gasteiger partial charge in [-0.05, 0) is 68.1 Å². The monoisotopic (exact) mass is 693 g/mol. The SMILES string of the molecule is CCC[C@H](NC(=O)[C@@H]1[C@H]2CCCC[C@H]2CN1C(=O)[C@@H](NC(=O)[C@@H](NC(=O)c1cnccn1)C1CCCCC1)C(C)(C)C)C(=O)C(=O)NC1CC1. The minimum atomic E-state index is -0.998. The molecule has 4 fully saturated rings. The fourth-order valence-corrected chi connectivity index (χ4v) is 8.04. The average Bonchev–Trinajstić information content (AvgIpc) is 3.84. The van der Waals surface area contributed by atoms with Crippen LogP contribution < -0.4 is 21.3 Å². The Bertz CT molecular complexity index is 1400. The Balaban J connectivity index is 1.37. The van der Waals surface area contributed by atoms with Gasteiger partial charge in [0.1, 0.15) is 23.8 Å². The molecule has 274 valence electrons. The molecule has 0 bridgehead atoms. The van der Waals surface area contributed by atoms with E-state index in [0.29, 0.717) is 19.4 Å². The molecule has 13 nitrogen and oxygen atoms in total. The molecule has 1 saturated heterocycles. The van der Waals surface area contributed by atoms with Gasteiger partial charge in [-0.2, -0.15) is 0 Å². The number of likely N-dealkylation sites (tertiary alicyclic amines) is 1. The van der Waals surface area contributed by atoms with Crippen molar-refractivity contribution in [1.82, 2.24) is 36.1 Å². The quantitative estimate of drug-likeness (QED) is 0.228. The van der Waals surface area contributed by atoms with Crippen molar-refractivity contribution in [2.45, 2.75) is 141 Å². The number of carbonyl (C=O) groups is 6. The summed E-state index contributed by atoms with van der Waals surface area (Å²) < 4.78 is 0. The zero-order valence-electron chi connectivity index (χ0n) is 30.0. The standard InChI is InChI=1S/C37H55N7O6/c1-5-11-26(30(45)35(49)40-24-16-17-24)41-34(48)29-25-15-10-9-14-23(25)21-44(29)36(50)31(37(2,3)4)43-33(47)28(22-12-7-6-8-13-22)42-32(46)27-20-38-18-19-39-27/h18-20,22-26,28-29,31H,5-17,21H2,1-4H3,(H,40,49)(H,41,48)(H,42,46)(H,43,47)/t23-,25-,26-,28-,29-,31+/m0/s1. The number of ketones is 1. The first-order chi connectivity index (χ1) is 23.9. The third-order valence-corrected chi connectivity index (χ3v) is 10.9. The summed E-state index contributed by atoms with van der Waals surface area (Å²) in [6, 6.07) is -3.69. The van der Waals surface area contributed by atoms with E-state index in [2.05, 4.69) is 31.2 Å². The van der Waals surface area contributed by atoms with Gasteiger partial charge in [0.25, 0.3) is 11.8 Å². The Labute approximate surface area is 295 Å². The van der Waals surface area contributed by atoms with E-state index in [4.69, 9.17) is 0 Å². The highest BCUT2D eigenvalue weighted by atomic mass is 16.2. The molecule has 5 rings (SSSR count). The maximum Gasteiger partial charge on any atom is 0.289 e. The van der Waals surface area contributed by atoms with E-state index in [1.54, 1.807) is 4.90 Å². The number of nitrogens with zero attached hydrogens (tertiary/aromatic N) is 3. The lowest BCUT2D eigenvalue weighted by Crippen LogP contribution is -2.62. The molecule has 0 unspecified atom stereocenters. The van der Waals surface area contributed by atoms with Gasteiger partial charge in [-0.25, -0.2) is 4.98 Å². The molecule has 3 aliphatic carbocycles. The first-order valence-corrected chi connectivity index (χ1v) is 18.7. The zero-order valence-corrected chi connectivity index (χ0v) is 30.0. The van der Waals surface area contributed by atoms with Crippen LogP contribution in [-0.4, -0.2) is 86.9 Å². The van der Waals surface area contributed by atoms with Crippen LogP contribution in [0.15, 0.2) is 18.6 Å². The van der Waals surface area contributed by atoms with Crippen molar-refractivity contribution < 1.29 is 28.8 Å². The topological polar surface area (TPSA) is 180 Å². The lowest BCUT2D eigenvalue weighted by molar-refractivity contribution is -0.146. The van der Waals surface area contributed by atoms with Gasteiger partial charge in [0.05, 0.1) is 12.2 Å². The summed E-state index contributed by atoms with van der Waals surface area (Å²) in [4.78, 5) is 91.9. The zero-order chi connectivity index (χ0) is 36.0. The highest BCUT2D eigenvalue weighted by Gasteiger charge is 2.51. The predicted octanol–water partition coefficient (Wildman–Crippen LogP) is 2.84. The molecule has 0 aromatic carbocycles. The van der Waals surface area contributed by atoms with Crippen molar-refractivity contribution in [3.8, 4) is 0 Å². The lowest BCUT2D eigenvalue weighted by Gasteiger charge is -2.38. The largest absolute Gasteiger partial charge is 0.347 e. The van der Waals surface area contributed by atoms with Crippen LogP contribution in [0.4, 0.5) is 0 Å². The second-order valence-corrected chi connectivity index (χ2v) is 15.9. The Morgan fingerprint density at radius 3 is 2.22 bits per heavy atom. The molecule has 6 atom stereocenters. The van der Waals surface area contributed by atoms with Gasteiger partial charge < -0.3 is 26.2 Å². The summed E-state index contributed by atoms with van der Waals surface area (Å²) in [5.74, 6) is -3.21. The Hall–Kier alpha value is -3.90. The van der Waals surface area contributed by atoms with E-state index in [1.165, 1.54) is 18.6 Å². The van der Waals surface area contributed by atoms with Crippen LogP contribution in [0.2, 0.25) is 0 Å². The van der Waals surface area contributed by atoms with Crippen LogP contribution in [0.3, 0.4) is 0 Å². The van der Waals surface area contributed by atoms with Crippen LogP contribution in [0.5, 0.6) is 0 Å². The molecule has 0 spiro atoms. The van der Waals surface area contributed by atoms with Crippen molar-refractivity contribution in [2.75, 3.05) is 6.54 Å². The molecular formula is C37H55N7O6. The third-order valence-electron chi connectivity index (χ3n) is 10.9. The first kappa shape index (κ1) is 37.4. The third kappa shape index (κ3) is 9.06. The summed E-state index contributed by atoms with van der Waals surface area (Å²) in [6.07, 6.45) is 14.9. The van der Waals surface area contributed by atoms with Crippen LogP contribution in [0.25, 0.3) is 0 Å². The molecule has 13 heteroatoms. The molecule has 3 saturated carbocycles. The van der Waals surface area contributed by atoms with E-state index >= 15 is 0 Å². The summed E-state index contributed by atoms with van der Waals surface area (Å²) in [5.41, 5.74) is -0.641. The van der Waals surface area contributed by atoms with Gasteiger partial charge in [-0.15, -0.1) is 0 Å². The van der Waals surface area contributed by atoms with E-state index in [9.17, 15) is 28.8 Å². The van der Waals surface area contributed by atoms with Crippen LogP contribution in [0.1, 0.15) is 122 Å². The number of rotatable bonds is 13. The maximum absolute atomic E-state index is 14.7. The van der Waals surface area contributed by atoms with Crippen LogP contribution >= 0.6 is 0 Å². The van der Waals surface area contributed by atoms with Crippen molar-refractivity contribution >= 4 is 35.3 Å². The van der Waals surface area contributed by atoms with Crippen LogP contribution in [-0.2, 0) is 24.0 Å². The molecule has 1 aromatic heterocycles. The summed E-state index contributed by atoms with van der Waals surface area (Å²) >= 11 is 0. The second-order valence-electron chi connectivity index (χ2n) is 15.9. The predicted molar refractivity (Wildman–Crippen MR) is 185 cm³/mol. The van der Waals surface area contributed by atoms with E-state index in [-0.39, 0.29) is 35.4 Å². The molecule has 5 amide bonds. The van der Waals surface area contributed by atoms with Crippen molar-refractivity contribution in [1.29, 1.82) is 0 Å². The minimum Gasteiger partial charge on any atom is -0.347 e. The number of Topliss-reactive ketones (excluding diaryl/α,β-unsaturated/α-hetero) is 1. The number of hydrogen-bond donors (Lipinski definition) is 4. The Kier molecular flexibility index (Phi) is 12.3. The fraction of sp³-hybridized carbons (Fsp3) is 0.730. The number of fused-ring (bicyclic) bond motifs is 1. The van der Waals surface area contributed by atoms with Crippen molar-refractivity contribution in [3.63, 3.8) is 0 Å². The van der Waals surface area contributed by atoms with Gasteiger partial charge in [0.15, 0.2) is 0 Å². The average molecular weight is 694 g/mol.